The highest BCUT2D eigenvalue weighted by molar-refractivity contribution is 8.00. The number of phenolic OH excluding ortho intramolecular Hbond substituents is 1. The van der Waals surface area contributed by atoms with Crippen LogP contribution in [-0.2, 0) is 9.53 Å². The zero-order valence-electron chi connectivity index (χ0n) is 10.3. The Bertz CT molecular complexity index is 570. The molecule has 100 valence electrons. The van der Waals surface area contributed by atoms with E-state index in [1.807, 2.05) is 0 Å². The van der Waals surface area contributed by atoms with Gasteiger partial charge in [-0.3, -0.25) is 4.79 Å². The highest BCUT2D eigenvalue weighted by atomic mass is 32.2. The number of carbonyl (C=O) groups excluding carboxylic acids is 1. The van der Waals surface area contributed by atoms with Gasteiger partial charge in [-0.25, -0.2) is 0 Å². The number of phenols is 1. The molecule has 0 unspecified atom stereocenters. The average Bonchev–Trinajstić information content (AvgIpc) is 2.86. The Morgan fingerprint density at radius 2 is 2.11 bits per heavy atom. The van der Waals surface area contributed by atoms with Crippen molar-refractivity contribution in [3.8, 4) is 11.4 Å². The van der Waals surface area contributed by atoms with Crippen molar-refractivity contribution < 1.29 is 14.6 Å². The van der Waals surface area contributed by atoms with Crippen LogP contribution in [0.4, 0.5) is 0 Å². The second-order valence-corrected chi connectivity index (χ2v) is 4.98. The smallest absolute Gasteiger partial charge is 0.318 e. The number of ether oxygens (including phenoxy) is 1. The van der Waals surface area contributed by atoms with Crippen LogP contribution in [0.3, 0.4) is 0 Å². The lowest BCUT2D eigenvalue weighted by atomic mass is 10.3. The van der Waals surface area contributed by atoms with E-state index in [2.05, 4.69) is 20.3 Å². The number of tetrazole rings is 1. The Hall–Kier alpha value is -2.09. The summed E-state index contributed by atoms with van der Waals surface area (Å²) in [6, 6.07) is 6.43. The fraction of sp³-hybridized carbons (Fsp3) is 0.273. The first-order chi connectivity index (χ1) is 9.11. The van der Waals surface area contributed by atoms with E-state index in [-0.39, 0.29) is 11.7 Å². The van der Waals surface area contributed by atoms with Crippen molar-refractivity contribution in [2.45, 2.75) is 17.3 Å². The van der Waals surface area contributed by atoms with Crippen LogP contribution in [0, 0.1) is 0 Å². The molecule has 0 amide bonds. The van der Waals surface area contributed by atoms with E-state index in [1.54, 1.807) is 19.1 Å². The van der Waals surface area contributed by atoms with E-state index in [0.717, 1.165) is 0 Å². The molecule has 0 spiro atoms. The van der Waals surface area contributed by atoms with E-state index >= 15 is 0 Å². The minimum Gasteiger partial charge on any atom is -0.508 e. The summed E-state index contributed by atoms with van der Waals surface area (Å²) in [5.74, 6) is -0.181. The molecule has 1 heterocycles. The number of hydrogen-bond donors (Lipinski definition) is 1. The van der Waals surface area contributed by atoms with Crippen LogP contribution in [0.15, 0.2) is 29.4 Å². The molecule has 0 aliphatic carbocycles. The van der Waals surface area contributed by atoms with E-state index < -0.39 is 5.25 Å². The predicted octanol–water partition coefficient (Wildman–Crippen LogP) is 1.02. The van der Waals surface area contributed by atoms with Gasteiger partial charge in [0.1, 0.15) is 11.0 Å². The van der Waals surface area contributed by atoms with E-state index in [0.29, 0.717) is 10.8 Å². The van der Waals surface area contributed by atoms with Gasteiger partial charge < -0.3 is 9.84 Å². The third kappa shape index (κ3) is 3.02. The number of nitrogens with zero attached hydrogens (tertiary/aromatic N) is 4. The summed E-state index contributed by atoms with van der Waals surface area (Å²) >= 11 is 1.20. The van der Waals surface area contributed by atoms with Gasteiger partial charge in [-0.2, -0.15) is 4.68 Å². The van der Waals surface area contributed by atoms with Crippen molar-refractivity contribution in [3.63, 3.8) is 0 Å². The van der Waals surface area contributed by atoms with Gasteiger partial charge in [-0.05, 0) is 41.6 Å². The van der Waals surface area contributed by atoms with E-state index in [1.165, 1.54) is 35.7 Å². The second-order valence-electron chi connectivity index (χ2n) is 3.67. The highest BCUT2D eigenvalue weighted by Gasteiger charge is 2.19. The Morgan fingerprint density at radius 3 is 2.74 bits per heavy atom. The van der Waals surface area contributed by atoms with Gasteiger partial charge in [0.15, 0.2) is 0 Å². The molecule has 1 N–H and O–H groups in total. The summed E-state index contributed by atoms with van der Waals surface area (Å²) in [5.41, 5.74) is 0.697. The first-order valence-corrected chi connectivity index (χ1v) is 6.32. The topological polar surface area (TPSA) is 90.1 Å². The molecule has 8 heteroatoms. The van der Waals surface area contributed by atoms with Crippen LogP contribution in [0.5, 0.6) is 5.75 Å². The van der Waals surface area contributed by atoms with Gasteiger partial charge in [0.05, 0.1) is 12.8 Å². The van der Waals surface area contributed by atoms with Crippen molar-refractivity contribution in [3.05, 3.63) is 24.3 Å². The molecule has 1 aromatic carbocycles. The van der Waals surface area contributed by atoms with E-state index in [9.17, 15) is 9.90 Å². The Kier molecular flexibility index (Phi) is 4.00. The number of aromatic nitrogens is 4. The van der Waals surface area contributed by atoms with Crippen LogP contribution in [0.1, 0.15) is 6.92 Å². The highest BCUT2D eigenvalue weighted by Crippen LogP contribution is 2.24. The Labute approximate surface area is 113 Å². The molecule has 2 rings (SSSR count). The number of benzene rings is 1. The number of thioether (sulfide) groups is 1. The van der Waals surface area contributed by atoms with E-state index in [4.69, 9.17) is 0 Å². The van der Waals surface area contributed by atoms with Gasteiger partial charge in [-0.15, -0.1) is 5.10 Å². The number of methoxy groups -OCH3 is 1. The predicted molar refractivity (Wildman–Crippen MR) is 68.2 cm³/mol. The van der Waals surface area contributed by atoms with Crippen molar-refractivity contribution in [2.75, 3.05) is 7.11 Å². The van der Waals surface area contributed by atoms with Crippen molar-refractivity contribution >= 4 is 17.7 Å². The summed E-state index contributed by atoms with van der Waals surface area (Å²) < 4.78 is 6.14. The van der Waals surface area contributed by atoms with Crippen LogP contribution in [-0.4, -0.2) is 43.6 Å². The molecule has 0 aliphatic rings. The van der Waals surface area contributed by atoms with Crippen LogP contribution in [0.25, 0.3) is 5.69 Å². The third-order valence-corrected chi connectivity index (χ3v) is 3.36. The molecule has 0 fully saturated rings. The summed E-state index contributed by atoms with van der Waals surface area (Å²) in [5, 5.41) is 20.6. The normalized spacial score (nSPS) is 12.1. The zero-order chi connectivity index (χ0) is 13.8. The molecule has 0 saturated carbocycles. The minimum atomic E-state index is -0.410. The maximum Gasteiger partial charge on any atom is 0.318 e. The SMILES string of the molecule is COC(=O)[C@@H](C)Sc1nnnn1-c1ccc(O)cc1. The quantitative estimate of drug-likeness (QED) is 0.660. The molecule has 0 radical (unpaired) electrons. The third-order valence-electron chi connectivity index (χ3n) is 2.35. The van der Waals surface area contributed by atoms with Crippen LogP contribution in [0.2, 0.25) is 0 Å². The van der Waals surface area contributed by atoms with Gasteiger partial charge in [-0.1, -0.05) is 11.8 Å². The first-order valence-electron chi connectivity index (χ1n) is 5.44. The lowest BCUT2D eigenvalue weighted by Crippen LogP contribution is -2.15. The molecule has 7 nitrogen and oxygen atoms in total. The summed E-state index contributed by atoms with van der Waals surface area (Å²) in [6.07, 6.45) is 0. The van der Waals surface area contributed by atoms with Crippen molar-refractivity contribution in [1.29, 1.82) is 0 Å². The molecular formula is C11H12N4O3S. The van der Waals surface area contributed by atoms with Gasteiger partial charge >= 0.3 is 5.97 Å². The fourth-order valence-electron chi connectivity index (χ4n) is 1.38. The van der Waals surface area contributed by atoms with Crippen LogP contribution >= 0.6 is 11.8 Å². The molecule has 0 bridgehead atoms. The molecule has 1 atom stereocenters. The number of rotatable bonds is 4. The van der Waals surface area contributed by atoms with Crippen LogP contribution < -0.4 is 0 Å². The lowest BCUT2D eigenvalue weighted by Gasteiger charge is -2.08. The summed E-state index contributed by atoms with van der Waals surface area (Å²) in [7, 11) is 1.34. The number of aromatic hydroxyl groups is 1. The summed E-state index contributed by atoms with van der Waals surface area (Å²) in [6.45, 7) is 1.71. The van der Waals surface area contributed by atoms with Crippen molar-refractivity contribution in [2.24, 2.45) is 0 Å². The first kappa shape index (κ1) is 13.3. The van der Waals surface area contributed by atoms with Gasteiger partial charge in [0, 0.05) is 0 Å². The van der Waals surface area contributed by atoms with Crippen molar-refractivity contribution in [1.82, 2.24) is 20.2 Å². The maximum absolute atomic E-state index is 11.4. The van der Waals surface area contributed by atoms with Gasteiger partial charge in [0.2, 0.25) is 5.16 Å². The standard InChI is InChI=1S/C11H12N4O3S/c1-7(10(17)18-2)19-11-12-13-14-15(11)8-3-5-9(16)6-4-8/h3-7,16H,1-2H3/t7-/m1/s1. The molecular weight excluding hydrogens is 268 g/mol. The maximum atomic E-state index is 11.4. The zero-order valence-corrected chi connectivity index (χ0v) is 11.2. The molecule has 0 aliphatic heterocycles. The molecule has 0 saturated heterocycles. The molecule has 2 aromatic rings. The lowest BCUT2D eigenvalue weighted by molar-refractivity contribution is -0.139. The Balaban J connectivity index is 2.22. The number of carbonyl (C=O) groups is 1. The average molecular weight is 280 g/mol. The minimum absolute atomic E-state index is 0.161. The summed E-state index contributed by atoms with van der Waals surface area (Å²) in [4.78, 5) is 11.4. The monoisotopic (exact) mass is 280 g/mol. The second kappa shape index (κ2) is 5.70. The number of hydrogen-bond acceptors (Lipinski definition) is 7. The molecule has 19 heavy (non-hydrogen) atoms. The fourth-order valence-corrected chi connectivity index (χ4v) is 2.21. The largest absolute Gasteiger partial charge is 0.508 e. The van der Waals surface area contributed by atoms with Gasteiger partial charge in [0.25, 0.3) is 0 Å². The number of esters is 1. The molecule has 1 aromatic heterocycles. The Morgan fingerprint density at radius 1 is 1.42 bits per heavy atom.